The molecule has 2 aromatic rings. The lowest BCUT2D eigenvalue weighted by Crippen LogP contribution is -2.15. The minimum Gasteiger partial charge on any atom is -0.310 e. The van der Waals surface area contributed by atoms with Gasteiger partial charge in [-0.1, -0.05) is 0 Å². The van der Waals surface area contributed by atoms with Gasteiger partial charge in [-0.25, -0.2) is 9.97 Å². The van der Waals surface area contributed by atoms with Gasteiger partial charge in [-0.2, -0.15) is 0 Å². The van der Waals surface area contributed by atoms with Gasteiger partial charge in [0.2, 0.25) is 0 Å². The van der Waals surface area contributed by atoms with Gasteiger partial charge >= 0.3 is 0 Å². The van der Waals surface area contributed by atoms with E-state index in [4.69, 9.17) is 0 Å². The molecule has 0 amide bonds. The molecule has 1 aliphatic rings. The van der Waals surface area contributed by atoms with Gasteiger partial charge in [0.15, 0.2) is 5.82 Å². The van der Waals surface area contributed by atoms with Crippen molar-refractivity contribution >= 4 is 0 Å². The van der Waals surface area contributed by atoms with E-state index in [0.717, 1.165) is 34.9 Å². The summed E-state index contributed by atoms with van der Waals surface area (Å²) in [6.45, 7) is 4.84. The molecule has 1 aliphatic carbocycles. The van der Waals surface area contributed by atoms with Crippen molar-refractivity contribution in [3.05, 3.63) is 41.5 Å². The van der Waals surface area contributed by atoms with Gasteiger partial charge in [0.1, 0.15) is 0 Å². The largest absolute Gasteiger partial charge is 0.310 e. The highest BCUT2D eigenvalue weighted by atomic mass is 15.0. The van der Waals surface area contributed by atoms with Gasteiger partial charge in [-0.3, -0.25) is 4.98 Å². The van der Waals surface area contributed by atoms with E-state index in [-0.39, 0.29) is 0 Å². The number of rotatable bonds is 4. The number of aryl methyl sites for hydroxylation is 2. The van der Waals surface area contributed by atoms with Crippen LogP contribution in [0.5, 0.6) is 0 Å². The van der Waals surface area contributed by atoms with Crippen LogP contribution in [0.15, 0.2) is 24.5 Å². The van der Waals surface area contributed by atoms with Crippen LogP contribution in [0.1, 0.15) is 29.8 Å². The maximum Gasteiger partial charge on any atom is 0.159 e. The molecule has 0 spiro atoms. The van der Waals surface area contributed by atoms with E-state index in [9.17, 15) is 0 Å². The van der Waals surface area contributed by atoms with Crippen LogP contribution >= 0.6 is 0 Å². The first-order valence-electron chi connectivity index (χ1n) is 6.71. The predicted molar refractivity (Wildman–Crippen MR) is 74.6 cm³/mol. The Morgan fingerprint density at radius 2 is 1.74 bits per heavy atom. The van der Waals surface area contributed by atoms with Gasteiger partial charge in [0.05, 0.1) is 0 Å². The van der Waals surface area contributed by atoms with E-state index in [0.29, 0.717) is 6.04 Å². The standard InChI is InChI=1S/C15H18N4/c1-10-5-13(6-11(2)19-10)15-17-8-12(9-18-15)7-16-14-3-4-14/h5-6,8-9,14,16H,3-4,7H2,1-2H3. The summed E-state index contributed by atoms with van der Waals surface area (Å²) in [7, 11) is 0. The molecule has 0 aromatic carbocycles. The number of pyridine rings is 1. The Kier molecular flexibility index (Phi) is 3.25. The van der Waals surface area contributed by atoms with Crippen molar-refractivity contribution in [2.75, 3.05) is 0 Å². The van der Waals surface area contributed by atoms with Crippen LogP contribution < -0.4 is 5.32 Å². The summed E-state index contributed by atoms with van der Waals surface area (Å²) >= 11 is 0. The average Bonchev–Trinajstić information content (AvgIpc) is 3.20. The zero-order chi connectivity index (χ0) is 13.2. The molecule has 2 heterocycles. The monoisotopic (exact) mass is 254 g/mol. The fourth-order valence-corrected chi connectivity index (χ4v) is 2.11. The highest BCUT2D eigenvalue weighted by molar-refractivity contribution is 5.55. The topological polar surface area (TPSA) is 50.7 Å². The molecule has 3 rings (SSSR count). The smallest absolute Gasteiger partial charge is 0.159 e. The van der Waals surface area contributed by atoms with Crippen molar-refractivity contribution in [2.24, 2.45) is 0 Å². The van der Waals surface area contributed by atoms with Crippen LogP contribution in [-0.2, 0) is 6.54 Å². The highest BCUT2D eigenvalue weighted by Gasteiger charge is 2.19. The third kappa shape index (κ3) is 3.15. The number of aromatic nitrogens is 3. The van der Waals surface area contributed by atoms with Crippen LogP contribution in [0.3, 0.4) is 0 Å². The van der Waals surface area contributed by atoms with Crippen molar-refractivity contribution in [3.63, 3.8) is 0 Å². The van der Waals surface area contributed by atoms with Crippen molar-refractivity contribution in [3.8, 4) is 11.4 Å². The van der Waals surface area contributed by atoms with E-state index in [1.54, 1.807) is 0 Å². The third-order valence-corrected chi connectivity index (χ3v) is 3.22. The minimum atomic E-state index is 0.713. The molecular formula is C15H18N4. The van der Waals surface area contributed by atoms with Crippen molar-refractivity contribution in [1.82, 2.24) is 20.3 Å². The van der Waals surface area contributed by atoms with Crippen LogP contribution in [0.2, 0.25) is 0 Å². The van der Waals surface area contributed by atoms with E-state index in [2.05, 4.69) is 20.3 Å². The van der Waals surface area contributed by atoms with Crippen molar-refractivity contribution in [2.45, 2.75) is 39.3 Å². The van der Waals surface area contributed by atoms with Gasteiger partial charge in [0.25, 0.3) is 0 Å². The Labute approximate surface area is 113 Å². The van der Waals surface area contributed by atoms with E-state index in [1.807, 2.05) is 38.4 Å². The zero-order valence-corrected chi connectivity index (χ0v) is 11.3. The molecular weight excluding hydrogens is 236 g/mol. The Morgan fingerprint density at radius 1 is 1.11 bits per heavy atom. The van der Waals surface area contributed by atoms with Gasteiger partial charge in [0, 0.05) is 47.5 Å². The number of hydrogen-bond acceptors (Lipinski definition) is 4. The minimum absolute atomic E-state index is 0.713. The molecule has 0 aliphatic heterocycles. The van der Waals surface area contributed by atoms with Gasteiger partial charge in [-0.05, 0) is 38.8 Å². The molecule has 4 nitrogen and oxygen atoms in total. The summed E-state index contributed by atoms with van der Waals surface area (Å²) < 4.78 is 0. The quantitative estimate of drug-likeness (QED) is 0.910. The van der Waals surface area contributed by atoms with E-state index >= 15 is 0 Å². The maximum atomic E-state index is 4.45. The summed E-state index contributed by atoms with van der Waals surface area (Å²) in [5, 5.41) is 3.46. The van der Waals surface area contributed by atoms with Crippen LogP contribution in [0.25, 0.3) is 11.4 Å². The van der Waals surface area contributed by atoms with Gasteiger partial charge in [-0.15, -0.1) is 0 Å². The molecule has 0 atom stereocenters. The lowest BCUT2D eigenvalue weighted by molar-refractivity contribution is 0.683. The molecule has 0 bridgehead atoms. The summed E-state index contributed by atoms with van der Waals surface area (Å²) in [5.41, 5.74) is 4.17. The summed E-state index contributed by atoms with van der Waals surface area (Å²) in [4.78, 5) is 13.3. The van der Waals surface area contributed by atoms with Crippen molar-refractivity contribution < 1.29 is 0 Å². The third-order valence-electron chi connectivity index (χ3n) is 3.22. The molecule has 1 fully saturated rings. The fourth-order valence-electron chi connectivity index (χ4n) is 2.11. The first-order valence-corrected chi connectivity index (χ1v) is 6.71. The molecule has 1 N–H and O–H groups in total. The lowest BCUT2D eigenvalue weighted by Gasteiger charge is -2.05. The van der Waals surface area contributed by atoms with Crippen LogP contribution in [0, 0.1) is 13.8 Å². The molecule has 4 heteroatoms. The Bertz CT molecular complexity index is 553. The molecule has 0 saturated heterocycles. The molecule has 2 aromatic heterocycles. The first-order chi connectivity index (χ1) is 9.20. The molecule has 0 radical (unpaired) electrons. The molecule has 0 unspecified atom stereocenters. The Balaban J connectivity index is 1.76. The zero-order valence-electron chi connectivity index (χ0n) is 11.3. The summed E-state index contributed by atoms with van der Waals surface area (Å²) in [6, 6.07) is 4.75. The summed E-state index contributed by atoms with van der Waals surface area (Å²) in [6.07, 6.45) is 6.41. The highest BCUT2D eigenvalue weighted by Crippen LogP contribution is 2.19. The lowest BCUT2D eigenvalue weighted by atomic mass is 10.2. The second-order valence-corrected chi connectivity index (χ2v) is 5.21. The maximum absolute atomic E-state index is 4.45. The van der Waals surface area contributed by atoms with Crippen molar-refractivity contribution in [1.29, 1.82) is 0 Å². The SMILES string of the molecule is Cc1cc(-c2ncc(CNC3CC3)cn2)cc(C)n1. The second kappa shape index (κ2) is 5.05. The normalized spacial score (nSPS) is 14.6. The van der Waals surface area contributed by atoms with E-state index in [1.165, 1.54) is 12.8 Å². The van der Waals surface area contributed by atoms with Crippen LogP contribution in [0.4, 0.5) is 0 Å². The van der Waals surface area contributed by atoms with Gasteiger partial charge < -0.3 is 5.32 Å². The predicted octanol–water partition coefficient (Wildman–Crippen LogP) is 2.41. The van der Waals surface area contributed by atoms with Crippen LogP contribution in [-0.4, -0.2) is 21.0 Å². The van der Waals surface area contributed by atoms with E-state index < -0.39 is 0 Å². The fraction of sp³-hybridized carbons (Fsp3) is 0.400. The Morgan fingerprint density at radius 3 is 2.32 bits per heavy atom. The molecule has 98 valence electrons. The number of nitrogens with zero attached hydrogens (tertiary/aromatic N) is 3. The molecule has 1 saturated carbocycles. The number of nitrogens with one attached hydrogen (secondary N) is 1. The average molecular weight is 254 g/mol. The number of hydrogen-bond donors (Lipinski definition) is 1. The Hall–Kier alpha value is -1.81. The first kappa shape index (κ1) is 12.2. The second-order valence-electron chi connectivity index (χ2n) is 5.21. The summed E-state index contributed by atoms with van der Waals surface area (Å²) in [5.74, 6) is 0.767. The molecule has 19 heavy (non-hydrogen) atoms.